The second-order valence-electron chi connectivity index (χ2n) is 12.9. The molecule has 240 valence electrons. The van der Waals surface area contributed by atoms with Gasteiger partial charge >= 0.3 is 0 Å². The Labute approximate surface area is 304 Å². The van der Waals surface area contributed by atoms with E-state index in [0.29, 0.717) is 0 Å². The predicted molar refractivity (Wildman–Crippen MR) is 213 cm³/mol. The summed E-state index contributed by atoms with van der Waals surface area (Å²) in [5, 5.41) is 4.13. The maximum absolute atomic E-state index is 8.86. The second kappa shape index (κ2) is 11.8. The van der Waals surface area contributed by atoms with Crippen LogP contribution >= 0.6 is 0 Å². The summed E-state index contributed by atoms with van der Waals surface area (Å²) in [6, 6.07) is 60.1. The minimum Gasteiger partial charge on any atom is -0.309 e. The zero-order chi connectivity index (χ0) is 38.1. The molecule has 0 saturated heterocycles. The number of para-hydroxylation sites is 3. The molecule has 10 rings (SSSR count). The highest BCUT2D eigenvalue weighted by Gasteiger charge is 2.40. The van der Waals surface area contributed by atoms with E-state index in [1.807, 2.05) is 34.9 Å². The molecule has 2 aromatic heterocycles. The van der Waals surface area contributed by atoms with Crippen LogP contribution in [0.25, 0.3) is 55.0 Å². The molecule has 8 aromatic carbocycles. The molecule has 0 atom stereocenters. The molecule has 0 aliphatic heterocycles. The first kappa shape index (κ1) is 24.5. The molecule has 0 spiro atoms. The van der Waals surface area contributed by atoms with Gasteiger partial charge in [-0.1, -0.05) is 158 Å². The fourth-order valence-corrected chi connectivity index (χ4v) is 8.34. The van der Waals surface area contributed by atoms with Gasteiger partial charge in [0.05, 0.1) is 34.3 Å². The van der Waals surface area contributed by atoms with Crippen molar-refractivity contribution in [3.63, 3.8) is 0 Å². The van der Waals surface area contributed by atoms with Crippen molar-refractivity contribution in [2.75, 3.05) is 0 Å². The van der Waals surface area contributed by atoms with E-state index < -0.39 is 11.5 Å². The lowest BCUT2D eigenvalue weighted by atomic mass is 9.64. The SMILES string of the molecule is [2H]c1c([2H])c([2H])c(-n2c3ccccc3c3cc(-n4c5ccccc5c5c(C(c6ccccc6)(c6ccccc6)c6ccccc6)cccc54)ccc32)c([2H])c1[2H]. The Morgan fingerprint density at radius 3 is 1.49 bits per heavy atom. The summed E-state index contributed by atoms with van der Waals surface area (Å²) in [4.78, 5) is 0. The van der Waals surface area contributed by atoms with Gasteiger partial charge in [0.15, 0.2) is 0 Å². The molecule has 0 unspecified atom stereocenters. The Morgan fingerprint density at radius 1 is 0.373 bits per heavy atom. The number of hydrogen-bond acceptors (Lipinski definition) is 0. The zero-order valence-electron chi connectivity index (χ0n) is 32.6. The van der Waals surface area contributed by atoms with Gasteiger partial charge in [-0.15, -0.1) is 0 Å². The van der Waals surface area contributed by atoms with Gasteiger partial charge in [0.1, 0.15) is 0 Å². The van der Waals surface area contributed by atoms with Gasteiger partial charge in [-0.05, 0) is 70.7 Å². The molecule has 2 heteroatoms. The standard InChI is InChI=1S/C49H34N2/c1-5-18-35(19-6-1)49(36-20-7-2-8-21-36,37-22-9-3-10-23-37)43-28-17-31-47-48(43)41-27-14-16-30-45(41)51(47)39-32-33-46-42(34-39)40-26-13-15-29-44(40)50(46)38-24-11-4-12-25-38/h1-34H/i4D,11D,12D,24D,25D. The van der Waals surface area contributed by atoms with Crippen LogP contribution in [0.5, 0.6) is 0 Å². The average Bonchev–Trinajstić information content (AvgIpc) is 3.77. The fourth-order valence-electron chi connectivity index (χ4n) is 8.34. The molecule has 0 aliphatic carbocycles. The van der Waals surface area contributed by atoms with Crippen LogP contribution in [-0.4, -0.2) is 9.13 Å². The fraction of sp³-hybridized carbons (Fsp3) is 0.0204. The van der Waals surface area contributed by atoms with Crippen LogP contribution in [0.4, 0.5) is 0 Å². The number of rotatable bonds is 6. The van der Waals surface area contributed by atoms with E-state index in [2.05, 4.69) is 150 Å². The molecule has 0 radical (unpaired) electrons. The predicted octanol–water partition coefficient (Wildman–Crippen LogP) is 12.3. The van der Waals surface area contributed by atoms with Crippen molar-refractivity contribution in [1.82, 2.24) is 9.13 Å². The molecule has 10 aromatic rings. The minimum atomic E-state index is -0.653. The number of fused-ring (bicyclic) bond motifs is 6. The van der Waals surface area contributed by atoms with Gasteiger partial charge in [0.25, 0.3) is 0 Å². The molecule has 51 heavy (non-hydrogen) atoms. The van der Waals surface area contributed by atoms with Crippen LogP contribution in [0.15, 0.2) is 206 Å². The average molecular weight is 656 g/mol. The highest BCUT2D eigenvalue weighted by atomic mass is 15.0. The van der Waals surface area contributed by atoms with E-state index in [4.69, 9.17) is 6.85 Å². The van der Waals surface area contributed by atoms with Crippen molar-refractivity contribution in [3.05, 3.63) is 228 Å². The van der Waals surface area contributed by atoms with Crippen LogP contribution < -0.4 is 0 Å². The Bertz CT molecular complexity index is 3010. The van der Waals surface area contributed by atoms with E-state index in [1.54, 1.807) is 0 Å². The van der Waals surface area contributed by atoms with Crippen molar-refractivity contribution in [3.8, 4) is 11.4 Å². The van der Waals surface area contributed by atoms with Gasteiger partial charge in [-0.3, -0.25) is 0 Å². The van der Waals surface area contributed by atoms with Gasteiger partial charge in [0.2, 0.25) is 0 Å². The molecule has 0 fully saturated rings. The summed E-state index contributed by atoms with van der Waals surface area (Å²) in [5.74, 6) is 0. The molecule has 0 amide bonds. The number of benzene rings is 8. The molecule has 0 saturated carbocycles. The molecular formula is C49H34N2. The highest BCUT2D eigenvalue weighted by Crippen LogP contribution is 2.49. The summed E-state index contributed by atoms with van der Waals surface area (Å²) in [6.07, 6.45) is 0. The van der Waals surface area contributed by atoms with Crippen molar-refractivity contribution in [2.24, 2.45) is 0 Å². The molecular weight excluding hydrogens is 617 g/mol. The van der Waals surface area contributed by atoms with E-state index in [-0.39, 0.29) is 29.9 Å². The van der Waals surface area contributed by atoms with E-state index in [0.717, 1.165) is 49.3 Å². The monoisotopic (exact) mass is 655 g/mol. The Morgan fingerprint density at radius 2 is 0.863 bits per heavy atom. The van der Waals surface area contributed by atoms with Gasteiger partial charge in [-0.25, -0.2) is 0 Å². The molecule has 0 aliphatic rings. The summed E-state index contributed by atoms with van der Waals surface area (Å²) >= 11 is 0. The lowest BCUT2D eigenvalue weighted by molar-refractivity contribution is 0.753. The molecule has 2 nitrogen and oxygen atoms in total. The number of hydrogen-bond donors (Lipinski definition) is 0. The van der Waals surface area contributed by atoms with Crippen LogP contribution in [0, 0.1) is 0 Å². The van der Waals surface area contributed by atoms with Crippen LogP contribution in [0.2, 0.25) is 0 Å². The number of nitrogens with zero attached hydrogens (tertiary/aromatic N) is 2. The zero-order valence-corrected chi connectivity index (χ0v) is 27.6. The second-order valence-corrected chi connectivity index (χ2v) is 12.9. The lowest BCUT2D eigenvalue weighted by Gasteiger charge is -2.37. The topological polar surface area (TPSA) is 9.86 Å². The summed E-state index contributed by atoms with van der Waals surface area (Å²) in [7, 11) is 0. The van der Waals surface area contributed by atoms with Crippen molar-refractivity contribution >= 4 is 43.6 Å². The third-order valence-corrected chi connectivity index (χ3v) is 10.3. The lowest BCUT2D eigenvalue weighted by Crippen LogP contribution is -2.31. The van der Waals surface area contributed by atoms with Crippen molar-refractivity contribution in [1.29, 1.82) is 0 Å². The van der Waals surface area contributed by atoms with Gasteiger partial charge in [0, 0.05) is 32.9 Å². The van der Waals surface area contributed by atoms with E-state index in [9.17, 15) is 0 Å². The smallest absolute Gasteiger partial charge is 0.0708 e. The minimum absolute atomic E-state index is 0.135. The Hall–Kier alpha value is -6.64. The maximum Gasteiger partial charge on any atom is 0.0708 e. The highest BCUT2D eigenvalue weighted by molar-refractivity contribution is 6.13. The quantitative estimate of drug-likeness (QED) is 0.158. The van der Waals surface area contributed by atoms with Crippen LogP contribution in [0.3, 0.4) is 0 Å². The largest absolute Gasteiger partial charge is 0.309 e. The van der Waals surface area contributed by atoms with E-state index in [1.165, 1.54) is 22.3 Å². The first-order valence-electron chi connectivity index (χ1n) is 19.7. The Balaban J connectivity index is 1.30. The normalized spacial score (nSPS) is 13.3. The van der Waals surface area contributed by atoms with E-state index >= 15 is 0 Å². The van der Waals surface area contributed by atoms with Gasteiger partial charge < -0.3 is 9.13 Å². The van der Waals surface area contributed by atoms with Crippen molar-refractivity contribution in [2.45, 2.75) is 5.41 Å². The molecule has 0 bridgehead atoms. The van der Waals surface area contributed by atoms with Gasteiger partial charge in [-0.2, -0.15) is 0 Å². The summed E-state index contributed by atoms with van der Waals surface area (Å²) in [5.41, 5.74) is 8.76. The first-order valence-corrected chi connectivity index (χ1v) is 17.2. The number of aromatic nitrogens is 2. The first-order chi connectivity index (χ1) is 27.4. The van der Waals surface area contributed by atoms with Crippen LogP contribution in [0.1, 0.15) is 29.1 Å². The third kappa shape index (κ3) is 4.36. The maximum atomic E-state index is 8.86. The summed E-state index contributed by atoms with van der Waals surface area (Å²) in [6.45, 7) is 0. The summed E-state index contributed by atoms with van der Waals surface area (Å²) < 4.78 is 47.0. The van der Waals surface area contributed by atoms with Crippen molar-refractivity contribution < 1.29 is 6.85 Å². The Kier molecular flexibility index (Phi) is 5.64. The van der Waals surface area contributed by atoms with Crippen LogP contribution in [-0.2, 0) is 5.41 Å². The molecule has 2 heterocycles. The third-order valence-electron chi connectivity index (χ3n) is 10.3. The molecule has 0 N–H and O–H groups in total.